The minimum absolute atomic E-state index is 0.0624. The Kier molecular flexibility index (Phi) is 5.92. The first-order valence-corrected chi connectivity index (χ1v) is 9.75. The van der Waals surface area contributed by atoms with Crippen molar-refractivity contribution in [1.82, 2.24) is 15.0 Å². The summed E-state index contributed by atoms with van der Waals surface area (Å²) in [5.41, 5.74) is 2.43. The summed E-state index contributed by atoms with van der Waals surface area (Å²) in [6, 6.07) is 9.41. The zero-order valence-corrected chi connectivity index (χ0v) is 17.0. The van der Waals surface area contributed by atoms with Crippen LogP contribution in [-0.4, -0.2) is 52.6 Å². The van der Waals surface area contributed by atoms with Crippen molar-refractivity contribution in [1.29, 1.82) is 5.41 Å². The van der Waals surface area contributed by atoms with Crippen molar-refractivity contribution < 1.29 is 9.32 Å². The van der Waals surface area contributed by atoms with E-state index in [2.05, 4.69) is 5.16 Å². The standard InChI is InChI=1S/C19H21ClN4O2S/c1-23(2)18(21)13-6-4-12(5-7-13)15-10-14(26-22-15)11-24(3)19(25)16-8-9-17(20)27-16/h4-8,10,17,21H,9,11H2,1-3H3. The van der Waals surface area contributed by atoms with Gasteiger partial charge in [0.2, 0.25) is 0 Å². The summed E-state index contributed by atoms with van der Waals surface area (Å²) < 4.78 is 5.33. The number of aromatic nitrogens is 1. The molecule has 1 aromatic carbocycles. The second-order valence-corrected chi connectivity index (χ2v) is 8.52. The van der Waals surface area contributed by atoms with Gasteiger partial charge in [-0.3, -0.25) is 10.2 Å². The van der Waals surface area contributed by atoms with Crippen molar-refractivity contribution in [3.05, 3.63) is 52.6 Å². The third kappa shape index (κ3) is 4.54. The highest BCUT2D eigenvalue weighted by atomic mass is 35.5. The maximum atomic E-state index is 12.4. The SMILES string of the molecule is CN(C)C(=N)c1ccc(-c2cc(CN(C)C(=O)C3=CCC(Cl)S3)on2)cc1. The Labute approximate surface area is 167 Å². The zero-order valence-electron chi connectivity index (χ0n) is 15.4. The molecule has 0 spiro atoms. The molecular weight excluding hydrogens is 384 g/mol. The van der Waals surface area contributed by atoms with Crippen LogP contribution in [0, 0.1) is 5.41 Å². The van der Waals surface area contributed by atoms with Crippen molar-refractivity contribution in [3.63, 3.8) is 0 Å². The molecule has 3 rings (SSSR count). The Morgan fingerprint density at radius 2 is 2.04 bits per heavy atom. The summed E-state index contributed by atoms with van der Waals surface area (Å²) in [6.07, 6.45) is 2.58. The molecule has 0 bridgehead atoms. The number of hydrogen-bond acceptors (Lipinski definition) is 5. The van der Waals surface area contributed by atoms with Crippen LogP contribution < -0.4 is 0 Å². The maximum Gasteiger partial charge on any atom is 0.260 e. The van der Waals surface area contributed by atoms with Crippen LogP contribution >= 0.6 is 23.4 Å². The number of carbonyl (C=O) groups excluding carboxylic acids is 1. The second kappa shape index (κ2) is 8.19. The fraction of sp³-hybridized carbons (Fsp3) is 0.316. The van der Waals surface area contributed by atoms with Gasteiger partial charge in [0.1, 0.15) is 11.5 Å². The summed E-state index contributed by atoms with van der Waals surface area (Å²) in [5, 5.41) is 12.1. The number of alkyl halides is 1. The van der Waals surface area contributed by atoms with Crippen LogP contribution in [-0.2, 0) is 11.3 Å². The van der Waals surface area contributed by atoms with Crippen LogP contribution in [0.4, 0.5) is 0 Å². The van der Waals surface area contributed by atoms with Crippen molar-refractivity contribution in [2.75, 3.05) is 21.1 Å². The number of carbonyl (C=O) groups is 1. The number of rotatable bonds is 5. The maximum absolute atomic E-state index is 12.4. The number of benzene rings is 1. The van der Waals surface area contributed by atoms with Crippen LogP contribution in [0.15, 0.2) is 45.8 Å². The molecule has 2 aromatic rings. The Morgan fingerprint density at radius 1 is 1.33 bits per heavy atom. The highest BCUT2D eigenvalue weighted by Crippen LogP contribution is 2.35. The van der Waals surface area contributed by atoms with Crippen molar-refractivity contribution >= 4 is 35.1 Å². The Hall–Kier alpha value is -2.25. The van der Waals surface area contributed by atoms with Gasteiger partial charge in [0.25, 0.3) is 5.91 Å². The lowest BCUT2D eigenvalue weighted by molar-refractivity contribution is -0.125. The Morgan fingerprint density at radius 3 is 2.63 bits per heavy atom. The molecular formula is C19H21ClN4O2S. The first-order chi connectivity index (χ1) is 12.8. The topological polar surface area (TPSA) is 73.4 Å². The van der Waals surface area contributed by atoms with Gasteiger partial charge >= 0.3 is 0 Å². The molecule has 8 heteroatoms. The highest BCUT2D eigenvalue weighted by molar-refractivity contribution is 8.05. The summed E-state index contributed by atoms with van der Waals surface area (Å²) in [7, 11) is 5.41. The zero-order chi connectivity index (χ0) is 19.6. The summed E-state index contributed by atoms with van der Waals surface area (Å²) in [6.45, 7) is 0.333. The number of nitrogens with zero attached hydrogens (tertiary/aromatic N) is 3. The van der Waals surface area contributed by atoms with E-state index in [9.17, 15) is 4.79 Å². The monoisotopic (exact) mass is 404 g/mol. The molecule has 2 heterocycles. The predicted molar refractivity (Wildman–Crippen MR) is 109 cm³/mol. The number of halogens is 1. The lowest BCUT2D eigenvalue weighted by Crippen LogP contribution is -2.26. The van der Waals surface area contributed by atoms with E-state index >= 15 is 0 Å². The van der Waals surface area contributed by atoms with Gasteiger partial charge in [-0.1, -0.05) is 35.5 Å². The van der Waals surface area contributed by atoms with E-state index < -0.39 is 0 Å². The van der Waals surface area contributed by atoms with Gasteiger partial charge in [0, 0.05) is 38.3 Å². The van der Waals surface area contributed by atoms with E-state index in [1.165, 1.54) is 11.8 Å². The molecule has 1 atom stereocenters. The van der Waals surface area contributed by atoms with Crippen LogP contribution in [0.25, 0.3) is 11.3 Å². The van der Waals surface area contributed by atoms with E-state index in [0.717, 1.165) is 11.1 Å². The van der Waals surface area contributed by atoms with Gasteiger partial charge in [0.05, 0.1) is 16.2 Å². The number of amides is 1. The average molecular weight is 405 g/mol. The molecule has 1 amide bonds. The van der Waals surface area contributed by atoms with Gasteiger partial charge in [-0.15, -0.1) is 23.4 Å². The molecule has 1 unspecified atom stereocenters. The smallest absolute Gasteiger partial charge is 0.260 e. The second-order valence-electron chi connectivity index (χ2n) is 6.49. The molecule has 142 valence electrons. The molecule has 0 aliphatic carbocycles. The third-order valence-electron chi connectivity index (χ3n) is 4.15. The Bertz CT molecular complexity index is 876. The number of amidine groups is 1. The average Bonchev–Trinajstić information content (AvgIpc) is 3.29. The quantitative estimate of drug-likeness (QED) is 0.466. The van der Waals surface area contributed by atoms with Crippen LogP contribution in [0.1, 0.15) is 17.7 Å². The van der Waals surface area contributed by atoms with Gasteiger partial charge in [-0.05, 0) is 6.42 Å². The molecule has 0 fully saturated rings. The summed E-state index contributed by atoms with van der Waals surface area (Å²) in [5.74, 6) is 0.991. The van der Waals surface area contributed by atoms with Crippen LogP contribution in [0.3, 0.4) is 0 Å². The number of thioether (sulfide) groups is 1. The fourth-order valence-corrected chi connectivity index (χ4v) is 3.94. The third-order valence-corrected chi connectivity index (χ3v) is 5.64. The lowest BCUT2D eigenvalue weighted by Gasteiger charge is -2.15. The van der Waals surface area contributed by atoms with E-state index in [-0.39, 0.29) is 10.6 Å². The molecule has 0 radical (unpaired) electrons. The predicted octanol–water partition coefficient (Wildman–Crippen LogP) is 3.77. The highest BCUT2D eigenvalue weighted by Gasteiger charge is 2.24. The Balaban J connectivity index is 1.66. The molecule has 0 saturated carbocycles. The molecule has 1 aliphatic rings. The van der Waals surface area contributed by atoms with Gasteiger partial charge in [-0.2, -0.15) is 0 Å². The van der Waals surface area contributed by atoms with E-state index in [1.807, 2.05) is 50.5 Å². The molecule has 0 saturated heterocycles. The number of hydrogen-bond donors (Lipinski definition) is 1. The van der Waals surface area contributed by atoms with Crippen LogP contribution in [0.2, 0.25) is 0 Å². The fourth-order valence-electron chi connectivity index (χ4n) is 2.65. The van der Waals surface area contributed by atoms with E-state index in [4.69, 9.17) is 21.5 Å². The summed E-state index contributed by atoms with van der Waals surface area (Å²) in [4.78, 5) is 16.4. The van der Waals surface area contributed by atoms with Crippen molar-refractivity contribution in [3.8, 4) is 11.3 Å². The molecule has 1 aromatic heterocycles. The van der Waals surface area contributed by atoms with E-state index in [0.29, 0.717) is 35.2 Å². The van der Waals surface area contributed by atoms with Crippen molar-refractivity contribution in [2.45, 2.75) is 17.7 Å². The van der Waals surface area contributed by atoms with Crippen molar-refractivity contribution in [2.24, 2.45) is 0 Å². The van der Waals surface area contributed by atoms with Gasteiger partial charge in [0.15, 0.2) is 5.76 Å². The number of nitrogens with one attached hydrogen (secondary N) is 1. The largest absolute Gasteiger partial charge is 0.363 e. The van der Waals surface area contributed by atoms with Gasteiger partial charge < -0.3 is 14.3 Å². The summed E-state index contributed by atoms with van der Waals surface area (Å²) >= 11 is 7.42. The first-order valence-electron chi connectivity index (χ1n) is 8.43. The molecule has 6 nitrogen and oxygen atoms in total. The van der Waals surface area contributed by atoms with Crippen LogP contribution in [0.5, 0.6) is 0 Å². The molecule has 27 heavy (non-hydrogen) atoms. The normalized spacial score (nSPS) is 16.1. The minimum atomic E-state index is -0.0637. The van der Waals surface area contributed by atoms with Gasteiger partial charge in [-0.25, -0.2) is 0 Å². The number of allylic oxidation sites excluding steroid dienone is 1. The number of likely N-dealkylation sites (N-methyl/N-ethyl adjacent to an activating group) is 1. The molecule has 1 aliphatic heterocycles. The van der Waals surface area contributed by atoms with E-state index in [1.54, 1.807) is 16.8 Å². The first kappa shape index (κ1) is 19.5. The molecule has 1 N–H and O–H groups in total. The minimum Gasteiger partial charge on any atom is -0.363 e. The lowest BCUT2D eigenvalue weighted by atomic mass is 10.1.